The number of aromatic nitrogens is 2. The fourth-order valence-electron chi connectivity index (χ4n) is 2.62. The van der Waals surface area contributed by atoms with E-state index in [0.717, 1.165) is 0 Å². The van der Waals surface area contributed by atoms with Crippen molar-refractivity contribution in [3.63, 3.8) is 0 Å². The van der Waals surface area contributed by atoms with Crippen molar-refractivity contribution in [2.45, 2.75) is 70.0 Å². The summed E-state index contributed by atoms with van der Waals surface area (Å²) in [5.41, 5.74) is 3.89. The number of carbonyl (C=O) groups excluding carboxylic acids is 2. The summed E-state index contributed by atoms with van der Waals surface area (Å²) in [6, 6.07) is 0.139. The molecule has 28 heavy (non-hydrogen) atoms. The van der Waals surface area contributed by atoms with Crippen molar-refractivity contribution in [2.75, 3.05) is 0 Å². The number of nitrogens with zero attached hydrogens (tertiary/aromatic N) is 3. The molecule has 2 rings (SSSR count). The van der Waals surface area contributed by atoms with Crippen LogP contribution < -0.4 is 5.73 Å². The van der Waals surface area contributed by atoms with Gasteiger partial charge in [0, 0.05) is 12.4 Å². The Morgan fingerprint density at radius 1 is 1.21 bits per heavy atom. The van der Waals surface area contributed by atoms with E-state index in [1.54, 1.807) is 20.8 Å². The quantitative estimate of drug-likeness (QED) is 0.746. The third kappa shape index (κ3) is 4.96. The fourth-order valence-corrected chi connectivity index (χ4v) is 2.62. The van der Waals surface area contributed by atoms with Crippen LogP contribution in [-0.4, -0.2) is 50.8 Å². The third-order valence-electron chi connectivity index (χ3n) is 4.03. The van der Waals surface area contributed by atoms with Gasteiger partial charge in [-0.05, 0) is 46.6 Å². The summed E-state index contributed by atoms with van der Waals surface area (Å²) < 4.78 is 43.9. The molecule has 8 nitrogen and oxygen atoms in total. The van der Waals surface area contributed by atoms with Crippen LogP contribution in [0.5, 0.6) is 0 Å². The van der Waals surface area contributed by atoms with Gasteiger partial charge in [0.25, 0.3) is 5.91 Å². The van der Waals surface area contributed by atoms with Crippen molar-refractivity contribution in [2.24, 2.45) is 5.73 Å². The molecule has 1 heterocycles. The highest BCUT2D eigenvalue weighted by Gasteiger charge is 2.59. The second-order valence-corrected chi connectivity index (χ2v) is 7.57. The van der Waals surface area contributed by atoms with Crippen molar-refractivity contribution >= 4 is 11.9 Å². The molecular formula is C17H23F3N4O4. The van der Waals surface area contributed by atoms with E-state index in [2.05, 4.69) is 14.8 Å². The van der Waals surface area contributed by atoms with Crippen molar-refractivity contribution in [3.05, 3.63) is 24.3 Å². The number of alkyl halides is 3. The summed E-state index contributed by atoms with van der Waals surface area (Å²) in [4.78, 5) is 36.8. The second kappa shape index (κ2) is 7.63. The maximum atomic E-state index is 12.9. The lowest BCUT2D eigenvalue weighted by molar-refractivity contribution is -0.249. The van der Waals surface area contributed by atoms with Crippen LogP contribution in [0.3, 0.4) is 0 Å². The number of halogens is 3. The molecule has 0 aliphatic heterocycles. The van der Waals surface area contributed by atoms with Gasteiger partial charge in [0.1, 0.15) is 11.6 Å². The molecule has 2 N–H and O–H groups in total. The SMILES string of the molecule is C[C@@H](OC(C)(C)C)[C@H](N)C(=O)N(OC(=O)C(F)(F)F)C1(c2ncccn2)CC1. The standard InChI is InChI=1S/C17H23F3N4O4/c1-10(27-15(2,3)4)11(21)12(25)24(28-14(26)17(18,19)20)16(6-7-16)13-22-8-5-9-23-13/h5,8-11H,6-7,21H2,1-4H3/t10-,11+/m1/s1. The van der Waals surface area contributed by atoms with Crippen LogP contribution in [0.25, 0.3) is 0 Å². The van der Waals surface area contributed by atoms with Gasteiger partial charge in [-0.3, -0.25) is 4.79 Å². The number of hydrogen-bond donors (Lipinski definition) is 1. The predicted octanol–water partition coefficient (Wildman–Crippen LogP) is 1.85. The maximum Gasteiger partial charge on any atom is 0.493 e. The van der Waals surface area contributed by atoms with Gasteiger partial charge in [-0.1, -0.05) is 0 Å². The second-order valence-electron chi connectivity index (χ2n) is 7.57. The predicted molar refractivity (Wildman–Crippen MR) is 90.2 cm³/mol. The van der Waals surface area contributed by atoms with Crippen LogP contribution in [-0.2, 0) is 24.7 Å². The Morgan fingerprint density at radius 3 is 2.18 bits per heavy atom. The van der Waals surface area contributed by atoms with Crippen molar-refractivity contribution in [3.8, 4) is 0 Å². The number of hydroxylamine groups is 2. The summed E-state index contributed by atoms with van der Waals surface area (Å²) in [7, 11) is 0. The van der Waals surface area contributed by atoms with E-state index in [-0.39, 0.29) is 18.7 Å². The molecule has 2 atom stereocenters. The first-order valence-electron chi connectivity index (χ1n) is 8.62. The molecule has 1 aromatic heterocycles. The van der Waals surface area contributed by atoms with Gasteiger partial charge in [0.2, 0.25) is 0 Å². The van der Waals surface area contributed by atoms with Crippen LogP contribution in [0.2, 0.25) is 0 Å². The average molecular weight is 404 g/mol. The van der Waals surface area contributed by atoms with Gasteiger partial charge in [0.15, 0.2) is 5.82 Å². The number of rotatable bonds is 5. The highest BCUT2D eigenvalue weighted by molar-refractivity contribution is 5.85. The number of hydrogen-bond acceptors (Lipinski definition) is 7. The lowest BCUT2D eigenvalue weighted by atomic mass is 10.1. The topological polar surface area (TPSA) is 108 Å². The number of nitrogens with two attached hydrogens (primary N) is 1. The zero-order valence-electron chi connectivity index (χ0n) is 16.0. The summed E-state index contributed by atoms with van der Waals surface area (Å²) in [5.74, 6) is -3.49. The highest BCUT2D eigenvalue weighted by atomic mass is 19.4. The molecule has 1 fully saturated rings. The zero-order valence-corrected chi connectivity index (χ0v) is 16.0. The highest BCUT2D eigenvalue weighted by Crippen LogP contribution is 2.50. The zero-order chi connectivity index (χ0) is 21.3. The smallest absolute Gasteiger partial charge is 0.371 e. The number of carbonyl (C=O) groups is 2. The molecule has 156 valence electrons. The van der Waals surface area contributed by atoms with Gasteiger partial charge in [-0.2, -0.15) is 18.2 Å². The average Bonchev–Trinajstić information content (AvgIpc) is 3.38. The lowest BCUT2D eigenvalue weighted by Crippen LogP contribution is -2.55. The summed E-state index contributed by atoms with van der Waals surface area (Å²) >= 11 is 0. The van der Waals surface area contributed by atoms with Gasteiger partial charge >= 0.3 is 12.1 Å². The molecule has 0 radical (unpaired) electrons. The minimum Gasteiger partial charge on any atom is -0.371 e. The van der Waals surface area contributed by atoms with E-state index >= 15 is 0 Å². The summed E-state index contributed by atoms with van der Waals surface area (Å²) in [5, 5.41) is 0.366. The molecule has 1 aliphatic rings. The molecular weight excluding hydrogens is 381 g/mol. The van der Waals surface area contributed by atoms with Crippen molar-refractivity contribution in [1.29, 1.82) is 0 Å². The maximum absolute atomic E-state index is 12.9. The Bertz CT molecular complexity index is 717. The Labute approximate surface area is 160 Å². The van der Waals surface area contributed by atoms with E-state index in [9.17, 15) is 22.8 Å². The van der Waals surface area contributed by atoms with Crippen LogP contribution in [0, 0.1) is 0 Å². The molecule has 1 aliphatic carbocycles. The lowest BCUT2D eigenvalue weighted by Gasteiger charge is -2.34. The van der Waals surface area contributed by atoms with E-state index in [1.807, 2.05) is 0 Å². The van der Waals surface area contributed by atoms with Crippen LogP contribution in [0.4, 0.5) is 13.2 Å². The van der Waals surface area contributed by atoms with E-state index in [1.165, 1.54) is 25.4 Å². The van der Waals surface area contributed by atoms with E-state index in [0.29, 0.717) is 5.06 Å². The Hall–Kier alpha value is -2.27. The number of amides is 1. The molecule has 0 bridgehead atoms. The molecule has 11 heteroatoms. The minimum atomic E-state index is -5.29. The first kappa shape index (κ1) is 22.0. The number of ether oxygens (including phenoxy) is 1. The Morgan fingerprint density at radius 2 is 1.75 bits per heavy atom. The molecule has 0 saturated heterocycles. The van der Waals surface area contributed by atoms with Crippen molar-refractivity contribution < 1.29 is 32.3 Å². The summed E-state index contributed by atoms with van der Waals surface area (Å²) in [6.07, 6.45) is -2.95. The van der Waals surface area contributed by atoms with E-state index < -0.39 is 41.3 Å². The molecule has 1 aromatic rings. The van der Waals surface area contributed by atoms with Crippen LogP contribution in [0.1, 0.15) is 46.4 Å². The van der Waals surface area contributed by atoms with Crippen LogP contribution in [0.15, 0.2) is 18.5 Å². The molecule has 1 saturated carbocycles. The monoisotopic (exact) mass is 404 g/mol. The molecule has 0 spiro atoms. The van der Waals surface area contributed by atoms with Gasteiger partial charge in [0.05, 0.1) is 11.7 Å². The normalized spacial score (nSPS) is 18.1. The van der Waals surface area contributed by atoms with Crippen molar-refractivity contribution in [1.82, 2.24) is 15.0 Å². The molecule has 1 amide bonds. The molecule has 0 aromatic carbocycles. The Balaban J connectivity index is 2.34. The van der Waals surface area contributed by atoms with Gasteiger partial charge in [-0.25, -0.2) is 14.8 Å². The third-order valence-corrected chi connectivity index (χ3v) is 4.03. The van der Waals surface area contributed by atoms with E-state index in [4.69, 9.17) is 10.5 Å². The fraction of sp³-hybridized carbons (Fsp3) is 0.647. The largest absolute Gasteiger partial charge is 0.493 e. The molecule has 0 unspecified atom stereocenters. The van der Waals surface area contributed by atoms with Gasteiger partial charge < -0.3 is 15.3 Å². The van der Waals surface area contributed by atoms with Crippen LogP contribution >= 0.6 is 0 Å². The first-order valence-corrected chi connectivity index (χ1v) is 8.62. The minimum absolute atomic E-state index is 0.0647. The summed E-state index contributed by atoms with van der Waals surface area (Å²) in [6.45, 7) is 6.73. The Kier molecular flexibility index (Phi) is 6.00. The first-order chi connectivity index (χ1) is 12.8. The van der Waals surface area contributed by atoms with Gasteiger partial charge in [-0.15, -0.1) is 0 Å².